The van der Waals surface area contributed by atoms with E-state index < -0.39 is 35.3 Å². The number of benzene rings is 1. The number of carbonyl (C=O) groups is 3. The Hall–Kier alpha value is -2.57. The smallest absolute Gasteiger partial charge is 0.408 e. The Kier molecular flexibility index (Phi) is 8.47. The molecule has 1 amide bonds. The highest BCUT2D eigenvalue weighted by molar-refractivity contribution is 5.82. The summed E-state index contributed by atoms with van der Waals surface area (Å²) in [7, 11) is 0. The number of amides is 1. The van der Waals surface area contributed by atoms with Crippen molar-refractivity contribution >= 4 is 18.0 Å². The maximum atomic E-state index is 12.5. The van der Waals surface area contributed by atoms with Gasteiger partial charge in [-0.25, -0.2) is 9.59 Å². The summed E-state index contributed by atoms with van der Waals surface area (Å²) in [5.74, 6) is -1.10. The van der Waals surface area contributed by atoms with Crippen LogP contribution in [0.1, 0.15) is 59.9 Å². The molecule has 0 saturated carbocycles. The number of alkyl carbamates (subject to hydrolysis) is 1. The fraction of sp³-hybridized carbons (Fsp3) is 0.571. The normalized spacial score (nSPS) is 12.6. The standard InChI is InChI=1S/C21H31NO6/c1-20(2,3)27-17(23)13-12-16(22-19(25)28-21(4,5)6)18(24)26-14-15-10-8-7-9-11-15/h7-11,16H,12-14H2,1-6H3,(H,22,25)/t16-/m0/s1. The van der Waals surface area contributed by atoms with Crippen LogP contribution in [-0.2, 0) is 30.4 Å². The third-order valence-electron chi connectivity index (χ3n) is 3.26. The topological polar surface area (TPSA) is 90.9 Å². The van der Waals surface area contributed by atoms with Gasteiger partial charge in [-0.1, -0.05) is 30.3 Å². The van der Waals surface area contributed by atoms with Crippen LogP contribution in [0.15, 0.2) is 30.3 Å². The largest absolute Gasteiger partial charge is 0.460 e. The molecule has 0 aliphatic carbocycles. The van der Waals surface area contributed by atoms with Gasteiger partial charge in [0.25, 0.3) is 0 Å². The molecule has 0 aromatic heterocycles. The maximum Gasteiger partial charge on any atom is 0.408 e. The summed E-state index contributed by atoms with van der Waals surface area (Å²) < 4.78 is 15.7. The van der Waals surface area contributed by atoms with Crippen LogP contribution in [0.4, 0.5) is 4.79 Å². The van der Waals surface area contributed by atoms with E-state index >= 15 is 0 Å². The van der Waals surface area contributed by atoms with Gasteiger partial charge in [-0.2, -0.15) is 0 Å². The second-order valence-corrected chi connectivity index (χ2v) is 8.42. The zero-order chi connectivity index (χ0) is 21.4. The Bertz CT molecular complexity index is 658. The molecule has 1 rings (SSSR count). The van der Waals surface area contributed by atoms with Gasteiger partial charge < -0.3 is 19.5 Å². The third-order valence-corrected chi connectivity index (χ3v) is 3.26. The fourth-order valence-electron chi connectivity index (χ4n) is 2.18. The molecule has 0 spiro atoms. The number of carbonyl (C=O) groups excluding carboxylic acids is 3. The van der Waals surface area contributed by atoms with Gasteiger partial charge in [0.2, 0.25) is 0 Å². The average Bonchev–Trinajstić information content (AvgIpc) is 2.54. The summed E-state index contributed by atoms with van der Waals surface area (Å²) in [6, 6.07) is 8.16. The molecule has 1 atom stereocenters. The van der Waals surface area contributed by atoms with Gasteiger partial charge in [-0.05, 0) is 53.5 Å². The molecule has 1 aromatic rings. The Balaban J connectivity index is 2.71. The predicted molar refractivity (Wildman–Crippen MR) is 104 cm³/mol. The van der Waals surface area contributed by atoms with Gasteiger partial charge >= 0.3 is 18.0 Å². The molecule has 0 radical (unpaired) electrons. The molecule has 0 aliphatic rings. The summed E-state index contributed by atoms with van der Waals surface area (Å²) in [4.78, 5) is 36.5. The second kappa shape index (κ2) is 10.1. The second-order valence-electron chi connectivity index (χ2n) is 8.42. The lowest BCUT2D eigenvalue weighted by molar-refractivity contribution is -0.155. The molecule has 156 valence electrons. The first-order chi connectivity index (χ1) is 12.9. The van der Waals surface area contributed by atoms with Crippen molar-refractivity contribution in [3.8, 4) is 0 Å². The molecule has 7 nitrogen and oxygen atoms in total. The Morgan fingerprint density at radius 1 is 0.929 bits per heavy atom. The maximum absolute atomic E-state index is 12.5. The van der Waals surface area contributed by atoms with E-state index in [0.29, 0.717) is 0 Å². The van der Waals surface area contributed by atoms with Crippen LogP contribution in [-0.4, -0.2) is 35.3 Å². The molecule has 1 aromatic carbocycles. The molecule has 0 unspecified atom stereocenters. The van der Waals surface area contributed by atoms with Crippen molar-refractivity contribution in [3.05, 3.63) is 35.9 Å². The van der Waals surface area contributed by atoms with Crippen LogP contribution in [0.5, 0.6) is 0 Å². The lowest BCUT2D eigenvalue weighted by Crippen LogP contribution is -2.44. The molecule has 0 fully saturated rings. The highest BCUT2D eigenvalue weighted by Crippen LogP contribution is 2.12. The number of esters is 2. The number of rotatable bonds is 7. The van der Waals surface area contributed by atoms with Crippen LogP contribution in [0.3, 0.4) is 0 Å². The first kappa shape index (κ1) is 23.5. The Labute approximate surface area is 166 Å². The molecule has 0 aliphatic heterocycles. The van der Waals surface area contributed by atoms with E-state index in [-0.39, 0.29) is 19.4 Å². The van der Waals surface area contributed by atoms with E-state index in [9.17, 15) is 14.4 Å². The van der Waals surface area contributed by atoms with E-state index in [1.54, 1.807) is 41.5 Å². The molecule has 0 heterocycles. The summed E-state index contributed by atoms with van der Waals surface area (Å²) in [5, 5.41) is 2.48. The molecule has 28 heavy (non-hydrogen) atoms. The van der Waals surface area contributed by atoms with Crippen molar-refractivity contribution in [2.45, 2.75) is 78.2 Å². The molecule has 1 N–H and O–H groups in total. The zero-order valence-electron chi connectivity index (χ0n) is 17.5. The minimum atomic E-state index is -1.02. The van der Waals surface area contributed by atoms with Crippen molar-refractivity contribution < 1.29 is 28.6 Å². The lowest BCUT2D eigenvalue weighted by atomic mass is 10.1. The van der Waals surface area contributed by atoms with Crippen LogP contribution in [0.2, 0.25) is 0 Å². The summed E-state index contributed by atoms with van der Waals surface area (Å²) in [6.07, 6.45) is -0.752. The van der Waals surface area contributed by atoms with E-state index in [0.717, 1.165) is 5.56 Å². The third kappa shape index (κ3) is 10.5. The van der Waals surface area contributed by atoms with Crippen molar-refractivity contribution in [1.82, 2.24) is 5.32 Å². The van der Waals surface area contributed by atoms with Crippen LogP contribution < -0.4 is 5.32 Å². The number of hydrogen-bond donors (Lipinski definition) is 1. The van der Waals surface area contributed by atoms with Gasteiger partial charge in [-0.15, -0.1) is 0 Å². The van der Waals surface area contributed by atoms with E-state index in [1.165, 1.54) is 0 Å². The highest BCUT2D eigenvalue weighted by atomic mass is 16.6. The summed E-state index contributed by atoms with van der Waals surface area (Å²) >= 11 is 0. The molecule has 0 saturated heterocycles. The average molecular weight is 393 g/mol. The molecule has 7 heteroatoms. The van der Waals surface area contributed by atoms with Gasteiger partial charge in [0.05, 0.1) is 0 Å². The first-order valence-electron chi connectivity index (χ1n) is 9.28. The fourth-order valence-corrected chi connectivity index (χ4v) is 2.18. The monoisotopic (exact) mass is 393 g/mol. The van der Waals surface area contributed by atoms with Gasteiger partial charge in [0.15, 0.2) is 0 Å². The minimum absolute atomic E-state index is 0.0434. The predicted octanol–water partition coefficient (Wildman–Crippen LogP) is 3.75. The summed E-state index contributed by atoms with van der Waals surface area (Å²) in [6.45, 7) is 10.5. The van der Waals surface area contributed by atoms with Gasteiger partial charge in [-0.3, -0.25) is 4.79 Å². The molecular weight excluding hydrogens is 362 g/mol. The number of nitrogens with one attached hydrogen (secondary N) is 1. The minimum Gasteiger partial charge on any atom is -0.460 e. The number of ether oxygens (including phenoxy) is 3. The van der Waals surface area contributed by atoms with Crippen LogP contribution in [0.25, 0.3) is 0 Å². The van der Waals surface area contributed by atoms with Crippen molar-refractivity contribution in [2.75, 3.05) is 0 Å². The molecule has 0 bridgehead atoms. The lowest BCUT2D eigenvalue weighted by Gasteiger charge is -2.23. The van der Waals surface area contributed by atoms with Crippen LogP contribution in [0, 0.1) is 0 Å². The Morgan fingerprint density at radius 2 is 1.50 bits per heavy atom. The van der Waals surface area contributed by atoms with Crippen molar-refractivity contribution in [2.24, 2.45) is 0 Å². The van der Waals surface area contributed by atoms with Gasteiger partial charge in [0.1, 0.15) is 23.9 Å². The van der Waals surface area contributed by atoms with Crippen LogP contribution >= 0.6 is 0 Å². The first-order valence-corrected chi connectivity index (χ1v) is 9.28. The zero-order valence-corrected chi connectivity index (χ0v) is 17.5. The van der Waals surface area contributed by atoms with Crippen molar-refractivity contribution in [3.63, 3.8) is 0 Å². The van der Waals surface area contributed by atoms with E-state index in [2.05, 4.69) is 5.32 Å². The Morgan fingerprint density at radius 3 is 2.04 bits per heavy atom. The highest BCUT2D eigenvalue weighted by Gasteiger charge is 2.27. The number of hydrogen-bond acceptors (Lipinski definition) is 6. The SMILES string of the molecule is CC(C)(C)OC(=O)CC[C@H](NC(=O)OC(C)(C)C)C(=O)OCc1ccccc1. The van der Waals surface area contributed by atoms with Gasteiger partial charge in [0, 0.05) is 6.42 Å². The van der Waals surface area contributed by atoms with E-state index in [1.807, 2.05) is 30.3 Å². The quantitative estimate of drug-likeness (QED) is 0.560. The summed E-state index contributed by atoms with van der Waals surface area (Å²) in [5.41, 5.74) is -0.522. The van der Waals surface area contributed by atoms with E-state index in [4.69, 9.17) is 14.2 Å². The van der Waals surface area contributed by atoms with Crippen molar-refractivity contribution in [1.29, 1.82) is 0 Å². The molecular formula is C21H31NO6.